The predicted molar refractivity (Wildman–Crippen MR) is 148 cm³/mol. The average molecular weight is 545 g/mol. The predicted octanol–water partition coefficient (Wildman–Crippen LogP) is 5.14. The summed E-state index contributed by atoms with van der Waals surface area (Å²) in [6, 6.07) is 12.6. The number of allylic oxidation sites excluding steroid dienone is 2. The lowest BCUT2D eigenvalue weighted by Crippen LogP contribution is -2.38. The summed E-state index contributed by atoms with van der Waals surface area (Å²) in [5.74, 6) is -2.08. The molecule has 2 aromatic carbocycles. The lowest BCUT2D eigenvalue weighted by atomic mass is 9.70. The third kappa shape index (κ3) is 5.14. The Balaban J connectivity index is 1.61. The normalized spacial score (nSPS) is 16.6. The summed E-state index contributed by atoms with van der Waals surface area (Å²) < 4.78 is 12.8. The standard InChI is InChI=1S/C31H32N2O7/c1-6-39-29(36)27-20(4)26(32-33(27)5)21-11-12-25(19(3)15-21)40-17-22-9-7-8-10-24(22)31(30(37)38)14-13-18(2)23(16-31)28(34)35/h7-15H,6,16-17H2,1-5H3,(H,34,35)(H,37,38). The first-order chi connectivity index (χ1) is 19.0. The van der Waals surface area contributed by atoms with Crippen molar-refractivity contribution < 1.29 is 34.1 Å². The third-order valence-corrected chi connectivity index (χ3v) is 7.27. The molecule has 0 saturated heterocycles. The molecule has 1 aliphatic rings. The van der Waals surface area contributed by atoms with Crippen LogP contribution in [-0.2, 0) is 33.4 Å². The van der Waals surface area contributed by atoms with E-state index in [2.05, 4.69) is 5.10 Å². The van der Waals surface area contributed by atoms with Gasteiger partial charge in [-0.15, -0.1) is 0 Å². The number of carbonyl (C=O) groups is 3. The Hall–Kier alpha value is -4.66. The number of carboxylic acid groups (broad SMARTS) is 2. The molecule has 3 aromatic rings. The molecule has 0 amide bonds. The maximum absolute atomic E-state index is 12.6. The molecule has 9 nitrogen and oxygen atoms in total. The van der Waals surface area contributed by atoms with E-state index < -0.39 is 23.3 Å². The second-order valence-corrected chi connectivity index (χ2v) is 9.85. The molecular formula is C31H32N2O7. The zero-order chi connectivity index (χ0) is 29.2. The van der Waals surface area contributed by atoms with E-state index in [1.54, 1.807) is 57.3 Å². The first kappa shape index (κ1) is 28.4. The van der Waals surface area contributed by atoms with Gasteiger partial charge in [-0.1, -0.05) is 36.4 Å². The van der Waals surface area contributed by atoms with Crippen molar-refractivity contribution in [2.75, 3.05) is 6.61 Å². The van der Waals surface area contributed by atoms with Gasteiger partial charge in [0.1, 0.15) is 23.5 Å². The van der Waals surface area contributed by atoms with E-state index >= 15 is 0 Å². The smallest absolute Gasteiger partial charge is 0.356 e. The molecule has 1 atom stereocenters. The van der Waals surface area contributed by atoms with Gasteiger partial charge in [-0.2, -0.15) is 5.10 Å². The van der Waals surface area contributed by atoms with E-state index in [0.29, 0.717) is 39.4 Å². The number of aromatic nitrogens is 2. The van der Waals surface area contributed by atoms with Gasteiger partial charge in [0, 0.05) is 30.2 Å². The van der Waals surface area contributed by atoms with Crippen LogP contribution in [0.15, 0.2) is 65.8 Å². The number of benzene rings is 2. The van der Waals surface area contributed by atoms with Crippen molar-refractivity contribution in [3.05, 3.63) is 93.7 Å². The molecule has 0 aliphatic heterocycles. The van der Waals surface area contributed by atoms with Crippen LogP contribution < -0.4 is 4.74 Å². The molecule has 0 fully saturated rings. The van der Waals surface area contributed by atoms with Gasteiger partial charge in [-0.25, -0.2) is 9.59 Å². The Morgan fingerprint density at radius 1 is 1.07 bits per heavy atom. The van der Waals surface area contributed by atoms with Crippen molar-refractivity contribution in [3.63, 3.8) is 0 Å². The number of hydrogen-bond acceptors (Lipinski definition) is 6. The molecule has 208 valence electrons. The maximum Gasteiger partial charge on any atom is 0.356 e. The summed E-state index contributed by atoms with van der Waals surface area (Å²) in [6.07, 6.45) is 2.96. The van der Waals surface area contributed by atoms with Gasteiger partial charge in [0.15, 0.2) is 0 Å². The fraction of sp³-hybridized carbons (Fsp3) is 0.290. The highest BCUT2D eigenvalue weighted by Gasteiger charge is 2.43. The van der Waals surface area contributed by atoms with Gasteiger partial charge in [0.25, 0.3) is 0 Å². The van der Waals surface area contributed by atoms with Crippen molar-refractivity contribution in [1.82, 2.24) is 9.78 Å². The largest absolute Gasteiger partial charge is 0.489 e. The quantitative estimate of drug-likeness (QED) is 0.354. The number of nitrogens with zero attached hydrogens (tertiary/aromatic N) is 2. The molecule has 1 aromatic heterocycles. The molecule has 9 heteroatoms. The van der Waals surface area contributed by atoms with Crippen LogP contribution in [0.25, 0.3) is 11.3 Å². The maximum atomic E-state index is 12.6. The van der Waals surface area contributed by atoms with Crippen LogP contribution in [-0.4, -0.2) is 44.5 Å². The summed E-state index contributed by atoms with van der Waals surface area (Å²) in [7, 11) is 1.70. The van der Waals surface area contributed by atoms with E-state index in [0.717, 1.165) is 11.1 Å². The van der Waals surface area contributed by atoms with E-state index in [4.69, 9.17) is 9.47 Å². The zero-order valence-electron chi connectivity index (χ0n) is 23.1. The van der Waals surface area contributed by atoms with E-state index in [1.165, 1.54) is 4.68 Å². The van der Waals surface area contributed by atoms with Gasteiger partial charge < -0.3 is 19.7 Å². The Morgan fingerprint density at radius 2 is 1.80 bits per heavy atom. The van der Waals surface area contributed by atoms with Gasteiger partial charge >= 0.3 is 17.9 Å². The van der Waals surface area contributed by atoms with Crippen molar-refractivity contribution >= 4 is 17.9 Å². The third-order valence-electron chi connectivity index (χ3n) is 7.27. The Labute approximate surface area is 232 Å². The number of carbonyl (C=O) groups excluding carboxylic acids is 1. The fourth-order valence-corrected chi connectivity index (χ4v) is 5.12. The second-order valence-electron chi connectivity index (χ2n) is 9.85. The molecule has 0 bridgehead atoms. The Kier molecular flexibility index (Phi) is 7.95. The summed E-state index contributed by atoms with van der Waals surface area (Å²) in [5, 5.41) is 24.5. The summed E-state index contributed by atoms with van der Waals surface area (Å²) in [5.41, 5.74) is 3.62. The number of ether oxygens (including phenoxy) is 2. The summed E-state index contributed by atoms with van der Waals surface area (Å²) in [4.78, 5) is 36.8. The van der Waals surface area contributed by atoms with Crippen molar-refractivity contribution in [2.24, 2.45) is 7.05 Å². The minimum Gasteiger partial charge on any atom is -0.489 e. The number of aryl methyl sites for hydroxylation is 2. The van der Waals surface area contributed by atoms with Crippen molar-refractivity contribution in [1.29, 1.82) is 0 Å². The molecule has 0 radical (unpaired) electrons. The topological polar surface area (TPSA) is 128 Å². The van der Waals surface area contributed by atoms with Gasteiger partial charge in [0.05, 0.1) is 12.3 Å². The first-order valence-electron chi connectivity index (χ1n) is 12.9. The molecule has 0 saturated carbocycles. The molecule has 40 heavy (non-hydrogen) atoms. The summed E-state index contributed by atoms with van der Waals surface area (Å²) in [6.45, 7) is 7.50. The monoisotopic (exact) mass is 544 g/mol. The van der Waals surface area contributed by atoms with Crippen LogP contribution in [0, 0.1) is 13.8 Å². The van der Waals surface area contributed by atoms with Gasteiger partial charge in [-0.05, 0) is 68.2 Å². The van der Waals surface area contributed by atoms with Crippen LogP contribution >= 0.6 is 0 Å². The summed E-state index contributed by atoms with van der Waals surface area (Å²) >= 11 is 0. The Morgan fingerprint density at radius 3 is 2.45 bits per heavy atom. The first-order valence-corrected chi connectivity index (χ1v) is 12.9. The highest BCUT2D eigenvalue weighted by Crippen LogP contribution is 2.40. The van der Waals surface area contributed by atoms with Crippen molar-refractivity contribution in [3.8, 4) is 17.0 Å². The van der Waals surface area contributed by atoms with Crippen LogP contribution in [0.1, 0.15) is 53.0 Å². The molecule has 1 aliphatic carbocycles. The van der Waals surface area contributed by atoms with Crippen LogP contribution in [0.2, 0.25) is 0 Å². The lowest BCUT2D eigenvalue weighted by molar-refractivity contribution is -0.142. The number of esters is 1. The number of rotatable bonds is 9. The minimum absolute atomic E-state index is 0.0722. The average Bonchev–Trinajstić information content (AvgIpc) is 3.22. The fourth-order valence-electron chi connectivity index (χ4n) is 5.12. The highest BCUT2D eigenvalue weighted by atomic mass is 16.5. The zero-order valence-corrected chi connectivity index (χ0v) is 23.1. The highest BCUT2D eigenvalue weighted by molar-refractivity contribution is 5.94. The van der Waals surface area contributed by atoms with Crippen LogP contribution in [0.4, 0.5) is 0 Å². The lowest BCUT2D eigenvalue weighted by Gasteiger charge is -2.32. The molecular weight excluding hydrogens is 512 g/mol. The molecule has 4 rings (SSSR count). The number of hydrogen-bond donors (Lipinski definition) is 2. The Bertz CT molecular complexity index is 1560. The van der Waals surface area contributed by atoms with E-state index in [9.17, 15) is 24.6 Å². The van der Waals surface area contributed by atoms with Crippen LogP contribution in [0.3, 0.4) is 0 Å². The molecule has 1 unspecified atom stereocenters. The van der Waals surface area contributed by atoms with E-state index in [-0.39, 0.29) is 25.2 Å². The molecule has 1 heterocycles. The van der Waals surface area contributed by atoms with Gasteiger partial charge in [-0.3, -0.25) is 9.48 Å². The minimum atomic E-state index is -1.53. The SMILES string of the molecule is CCOC(=O)c1c(C)c(-c2ccc(OCc3ccccc3C3(C(=O)O)C=CC(C)=C(C(=O)O)C3)c(C)c2)nn1C. The number of carboxylic acids is 2. The number of aliphatic carboxylic acids is 2. The van der Waals surface area contributed by atoms with Gasteiger partial charge in [0.2, 0.25) is 0 Å². The molecule has 0 spiro atoms. The van der Waals surface area contributed by atoms with Crippen LogP contribution in [0.5, 0.6) is 5.75 Å². The van der Waals surface area contributed by atoms with Crippen molar-refractivity contribution in [2.45, 2.75) is 46.1 Å². The van der Waals surface area contributed by atoms with E-state index in [1.807, 2.05) is 32.0 Å². The second kappa shape index (κ2) is 11.2. The molecule has 2 N–H and O–H groups in total.